The van der Waals surface area contributed by atoms with E-state index in [0.29, 0.717) is 0 Å². The molecule has 4 nitrogen and oxygen atoms in total. The fourth-order valence-corrected chi connectivity index (χ4v) is 2.53. The lowest BCUT2D eigenvalue weighted by Crippen LogP contribution is -2.40. The summed E-state index contributed by atoms with van der Waals surface area (Å²) in [5, 5.41) is 15.1. The molecule has 0 atom stereocenters. The quantitative estimate of drug-likeness (QED) is 0.880. The van der Waals surface area contributed by atoms with E-state index >= 15 is 0 Å². The fraction of sp³-hybridized carbons (Fsp3) is 0.333. The molecule has 106 valence electrons. The van der Waals surface area contributed by atoms with Crippen LogP contribution in [0.4, 0.5) is 5.82 Å². The summed E-state index contributed by atoms with van der Waals surface area (Å²) in [6.45, 7) is 5.08. The van der Waals surface area contributed by atoms with Gasteiger partial charge in [0.25, 0.3) is 0 Å². The van der Waals surface area contributed by atoms with Gasteiger partial charge in [-0.2, -0.15) is 0 Å². The van der Waals surface area contributed by atoms with Crippen molar-refractivity contribution in [3.05, 3.63) is 40.9 Å². The predicted octanol–water partition coefficient (Wildman–Crippen LogP) is 3.32. The maximum Gasteiger partial charge on any atom is 0.149 e. The van der Waals surface area contributed by atoms with Gasteiger partial charge in [0.1, 0.15) is 5.82 Å². The van der Waals surface area contributed by atoms with Gasteiger partial charge >= 0.3 is 0 Å². The lowest BCUT2D eigenvalue weighted by molar-refractivity contribution is 0.527. The van der Waals surface area contributed by atoms with Gasteiger partial charge in [0.05, 0.1) is 5.69 Å². The normalized spacial score (nSPS) is 11.4. The van der Waals surface area contributed by atoms with Gasteiger partial charge in [0.2, 0.25) is 0 Å². The van der Waals surface area contributed by atoms with Crippen LogP contribution in [0.1, 0.15) is 13.8 Å². The molecule has 0 bridgehead atoms. The lowest BCUT2D eigenvalue weighted by Gasteiger charge is -2.26. The van der Waals surface area contributed by atoms with Crippen LogP contribution in [0.2, 0.25) is 0 Å². The zero-order chi connectivity index (χ0) is 14.6. The zero-order valence-corrected chi connectivity index (χ0v) is 13.5. The number of likely N-dealkylation sites (N-methyl/N-ethyl adjacent to an activating group) is 1. The third-order valence-electron chi connectivity index (χ3n) is 2.90. The molecule has 0 aliphatic carbocycles. The van der Waals surface area contributed by atoms with Crippen LogP contribution in [0, 0.1) is 0 Å². The number of aromatic nitrogens is 2. The van der Waals surface area contributed by atoms with Crippen LogP contribution in [-0.4, -0.2) is 29.3 Å². The van der Waals surface area contributed by atoms with Crippen LogP contribution in [-0.2, 0) is 0 Å². The molecule has 0 saturated carbocycles. The maximum absolute atomic E-state index is 4.29. The summed E-state index contributed by atoms with van der Waals surface area (Å²) in [7, 11) is 1.94. The Balaban J connectivity index is 2.17. The Kier molecular flexibility index (Phi) is 4.73. The molecule has 0 radical (unpaired) electrons. The predicted molar refractivity (Wildman–Crippen MR) is 86.8 cm³/mol. The number of hydrogen-bond donors (Lipinski definition) is 2. The van der Waals surface area contributed by atoms with Crippen molar-refractivity contribution in [2.45, 2.75) is 19.4 Å². The molecule has 0 aliphatic heterocycles. The first-order valence-electron chi connectivity index (χ1n) is 6.53. The Bertz CT molecular complexity index is 566. The summed E-state index contributed by atoms with van der Waals surface area (Å²) < 4.78 is 1.02. The van der Waals surface area contributed by atoms with Crippen molar-refractivity contribution in [1.29, 1.82) is 0 Å². The molecule has 2 rings (SSSR count). The molecular weight excluding hydrogens is 316 g/mol. The molecule has 0 saturated heterocycles. The van der Waals surface area contributed by atoms with Gasteiger partial charge < -0.3 is 10.6 Å². The Morgan fingerprint density at radius 1 is 1.10 bits per heavy atom. The largest absolute Gasteiger partial charge is 0.362 e. The number of benzene rings is 1. The average molecular weight is 335 g/mol. The molecule has 0 aliphatic rings. The maximum atomic E-state index is 4.29. The Morgan fingerprint density at radius 2 is 1.85 bits per heavy atom. The highest BCUT2D eigenvalue weighted by Gasteiger charge is 2.16. The summed E-state index contributed by atoms with van der Waals surface area (Å²) >= 11 is 3.53. The summed E-state index contributed by atoms with van der Waals surface area (Å²) in [4.78, 5) is 0. The standard InChI is InChI=1S/C15H19BrN4/c1-15(2,10-17-3)18-14-9-8-13(19-20-14)11-6-4-5-7-12(11)16/h4-9,17H,10H2,1-3H3,(H,18,20). The minimum Gasteiger partial charge on any atom is -0.362 e. The molecule has 20 heavy (non-hydrogen) atoms. The number of hydrogen-bond acceptors (Lipinski definition) is 4. The molecule has 0 fully saturated rings. The molecule has 5 heteroatoms. The highest BCUT2D eigenvalue weighted by atomic mass is 79.9. The highest BCUT2D eigenvalue weighted by Crippen LogP contribution is 2.26. The summed E-state index contributed by atoms with van der Waals surface area (Å²) in [5.74, 6) is 0.779. The average Bonchev–Trinajstić information content (AvgIpc) is 2.40. The van der Waals surface area contributed by atoms with E-state index in [2.05, 4.69) is 50.6 Å². The number of anilines is 1. The fourth-order valence-electron chi connectivity index (χ4n) is 2.04. The molecule has 1 aromatic heterocycles. The SMILES string of the molecule is CNCC(C)(C)Nc1ccc(-c2ccccc2Br)nn1. The summed E-state index contributed by atoms with van der Waals surface area (Å²) in [6, 6.07) is 11.9. The van der Waals surface area contributed by atoms with E-state index in [1.807, 2.05) is 43.4 Å². The summed E-state index contributed by atoms with van der Waals surface area (Å²) in [5.41, 5.74) is 1.83. The first-order chi connectivity index (χ1) is 9.52. The topological polar surface area (TPSA) is 49.8 Å². The Labute approximate surface area is 128 Å². The van der Waals surface area contributed by atoms with E-state index in [1.165, 1.54) is 0 Å². The van der Waals surface area contributed by atoms with Crippen LogP contribution < -0.4 is 10.6 Å². The second-order valence-corrected chi connectivity index (χ2v) is 6.18. The first kappa shape index (κ1) is 14.9. The summed E-state index contributed by atoms with van der Waals surface area (Å²) in [6.07, 6.45) is 0. The number of nitrogens with zero attached hydrogens (tertiary/aromatic N) is 2. The Hall–Kier alpha value is -1.46. The van der Waals surface area contributed by atoms with Crippen LogP contribution in [0.5, 0.6) is 0 Å². The number of rotatable bonds is 5. The molecular formula is C15H19BrN4. The van der Waals surface area contributed by atoms with Crippen LogP contribution >= 0.6 is 15.9 Å². The third-order valence-corrected chi connectivity index (χ3v) is 3.59. The van der Waals surface area contributed by atoms with Gasteiger partial charge in [-0.25, -0.2) is 0 Å². The minimum atomic E-state index is -0.0712. The van der Waals surface area contributed by atoms with Crippen molar-refractivity contribution in [2.75, 3.05) is 18.9 Å². The minimum absolute atomic E-state index is 0.0712. The van der Waals surface area contributed by atoms with Crippen LogP contribution in [0.3, 0.4) is 0 Å². The molecule has 1 aromatic carbocycles. The third kappa shape index (κ3) is 3.77. The van der Waals surface area contributed by atoms with E-state index < -0.39 is 0 Å². The van der Waals surface area contributed by atoms with Crippen LogP contribution in [0.15, 0.2) is 40.9 Å². The number of halogens is 1. The van der Waals surface area contributed by atoms with Crippen LogP contribution in [0.25, 0.3) is 11.3 Å². The van der Waals surface area contributed by atoms with Gasteiger partial charge in [0, 0.05) is 22.1 Å². The van der Waals surface area contributed by atoms with Crippen molar-refractivity contribution in [2.24, 2.45) is 0 Å². The molecule has 1 heterocycles. The van der Waals surface area contributed by atoms with Gasteiger partial charge in [-0.05, 0) is 39.1 Å². The van der Waals surface area contributed by atoms with Gasteiger partial charge in [-0.1, -0.05) is 34.1 Å². The Morgan fingerprint density at radius 3 is 2.45 bits per heavy atom. The molecule has 2 aromatic rings. The highest BCUT2D eigenvalue weighted by molar-refractivity contribution is 9.10. The molecule has 2 N–H and O–H groups in total. The first-order valence-corrected chi connectivity index (χ1v) is 7.32. The van der Waals surface area contributed by atoms with E-state index in [1.54, 1.807) is 0 Å². The van der Waals surface area contributed by atoms with E-state index in [4.69, 9.17) is 0 Å². The lowest BCUT2D eigenvalue weighted by atomic mass is 10.1. The second kappa shape index (κ2) is 6.33. The van der Waals surface area contributed by atoms with Crippen molar-refractivity contribution in [1.82, 2.24) is 15.5 Å². The smallest absolute Gasteiger partial charge is 0.149 e. The van der Waals surface area contributed by atoms with Crippen molar-refractivity contribution >= 4 is 21.7 Å². The van der Waals surface area contributed by atoms with Crippen molar-refractivity contribution < 1.29 is 0 Å². The monoisotopic (exact) mass is 334 g/mol. The van der Waals surface area contributed by atoms with E-state index in [9.17, 15) is 0 Å². The molecule has 0 amide bonds. The van der Waals surface area contributed by atoms with Gasteiger partial charge in [-0.3, -0.25) is 0 Å². The van der Waals surface area contributed by atoms with E-state index in [-0.39, 0.29) is 5.54 Å². The second-order valence-electron chi connectivity index (χ2n) is 5.32. The van der Waals surface area contributed by atoms with Gasteiger partial charge in [0.15, 0.2) is 0 Å². The van der Waals surface area contributed by atoms with Crippen molar-refractivity contribution in [3.8, 4) is 11.3 Å². The van der Waals surface area contributed by atoms with Crippen molar-refractivity contribution in [3.63, 3.8) is 0 Å². The molecule has 0 spiro atoms. The van der Waals surface area contributed by atoms with E-state index in [0.717, 1.165) is 28.1 Å². The molecule has 0 unspecified atom stereocenters. The van der Waals surface area contributed by atoms with Gasteiger partial charge in [-0.15, -0.1) is 10.2 Å². The number of nitrogens with one attached hydrogen (secondary N) is 2. The zero-order valence-electron chi connectivity index (χ0n) is 11.9.